The molecule has 2 N–H and O–H groups in total. The summed E-state index contributed by atoms with van der Waals surface area (Å²) in [4.78, 5) is 35.8. The van der Waals surface area contributed by atoms with Crippen LogP contribution in [-0.2, 0) is 11.3 Å². The van der Waals surface area contributed by atoms with Crippen LogP contribution in [0.25, 0.3) is 11.2 Å². The molecule has 1 saturated heterocycles. The normalized spacial score (nSPS) is 20.2. The first-order chi connectivity index (χ1) is 13.5. The highest BCUT2D eigenvalue weighted by molar-refractivity contribution is 6.30. The van der Waals surface area contributed by atoms with Crippen molar-refractivity contribution in [2.75, 3.05) is 19.7 Å². The Morgan fingerprint density at radius 1 is 1.29 bits per heavy atom. The third-order valence-electron chi connectivity index (χ3n) is 4.72. The van der Waals surface area contributed by atoms with Gasteiger partial charge in [-0.1, -0.05) is 17.7 Å². The van der Waals surface area contributed by atoms with E-state index in [-0.39, 0.29) is 28.6 Å². The van der Waals surface area contributed by atoms with Gasteiger partial charge in [-0.05, 0) is 17.7 Å². The monoisotopic (exact) mass is 405 g/mol. The van der Waals surface area contributed by atoms with Crippen molar-refractivity contribution in [3.05, 3.63) is 67.8 Å². The van der Waals surface area contributed by atoms with Crippen LogP contribution in [0, 0.1) is 11.7 Å². The number of aromatic nitrogens is 4. The van der Waals surface area contributed by atoms with Crippen molar-refractivity contribution in [3.63, 3.8) is 0 Å². The van der Waals surface area contributed by atoms with E-state index in [1.165, 1.54) is 24.5 Å². The van der Waals surface area contributed by atoms with E-state index in [4.69, 9.17) is 16.3 Å². The van der Waals surface area contributed by atoms with Crippen LogP contribution in [0.4, 0.5) is 4.39 Å². The summed E-state index contributed by atoms with van der Waals surface area (Å²) in [6.45, 7) is 1.58. The van der Waals surface area contributed by atoms with Crippen LogP contribution in [0.3, 0.4) is 0 Å². The van der Waals surface area contributed by atoms with Crippen molar-refractivity contribution in [3.8, 4) is 0 Å². The molecule has 0 saturated carbocycles. The average Bonchev–Trinajstić information content (AvgIpc) is 2.93. The van der Waals surface area contributed by atoms with Crippen molar-refractivity contribution >= 4 is 22.8 Å². The zero-order chi connectivity index (χ0) is 19.7. The summed E-state index contributed by atoms with van der Waals surface area (Å²) >= 11 is 5.78. The zero-order valence-corrected chi connectivity index (χ0v) is 15.4. The fraction of sp³-hybridized carbons (Fsp3) is 0.333. The quantitative estimate of drug-likeness (QED) is 0.680. The van der Waals surface area contributed by atoms with Crippen molar-refractivity contribution in [1.82, 2.24) is 24.8 Å². The Hall–Kier alpha value is -2.62. The number of H-pyrrole nitrogens is 1. The molecule has 10 heteroatoms. The Bertz CT molecular complexity index is 1130. The molecule has 28 heavy (non-hydrogen) atoms. The smallest absolute Gasteiger partial charge is 0.330 e. The number of nitrogens with one attached hydrogen (secondary N) is 2. The molecule has 1 fully saturated rings. The Morgan fingerprint density at radius 3 is 2.93 bits per heavy atom. The highest BCUT2D eigenvalue weighted by Crippen LogP contribution is 2.30. The number of hydrogen-bond acceptors (Lipinski definition) is 6. The molecule has 0 spiro atoms. The van der Waals surface area contributed by atoms with E-state index in [9.17, 15) is 14.0 Å². The molecule has 1 aromatic carbocycles. The van der Waals surface area contributed by atoms with Crippen LogP contribution in [-0.4, -0.2) is 39.2 Å². The fourth-order valence-electron chi connectivity index (χ4n) is 3.38. The summed E-state index contributed by atoms with van der Waals surface area (Å²) in [5, 5.41) is 3.24. The molecule has 0 amide bonds. The molecule has 3 aromatic rings. The molecule has 4 rings (SSSR count). The Balaban J connectivity index is 1.74. The van der Waals surface area contributed by atoms with Crippen LogP contribution in [0.2, 0.25) is 5.02 Å². The van der Waals surface area contributed by atoms with Crippen molar-refractivity contribution < 1.29 is 9.13 Å². The molecule has 146 valence electrons. The molecular weight excluding hydrogens is 389 g/mol. The fourth-order valence-corrected chi connectivity index (χ4v) is 3.50. The Kier molecular flexibility index (Phi) is 5.21. The summed E-state index contributed by atoms with van der Waals surface area (Å²) in [6.07, 6.45) is 2.28. The lowest BCUT2D eigenvalue weighted by Crippen LogP contribution is -2.40. The van der Waals surface area contributed by atoms with Gasteiger partial charge in [-0.2, -0.15) is 0 Å². The Labute approximate surface area is 163 Å². The molecule has 0 radical (unpaired) electrons. The third-order valence-corrected chi connectivity index (χ3v) is 5.02. The Morgan fingerprint density at radius 2 is 2.11 bits per heavy atom. The maximum Gasteiger partial charge on any atom is 0.330 e. The molecule has 0 bridgehead atoms. The molecule has 8 nitrogen and oxygen atoms in total. The molecule has 3 heterocycles. The number of halogens is 2. The van der Waals surface area contributed by atoms with Gasteiger partial charge in [0, 0.05) is 37.9 Å². The van der Waals surface area contributed by atoms with Gasteiger partial charge in [-0.15, -0.1) is 0 Å². The number of hydrogen-bond donors (Lipinski definition) is 2. The summed E-state index contributed by atoms with van der Waals surface area (Å²) < 4.78 is 21.0. The molecule has 0 aliphatic carbocycles. The second-order valence-corrected chi connectivity index (χ2v) is 6.94. The lowest BCUT2D eigenvalue weighted by Gasteiger charge is -2.25. The number of benzene rings is 1. The summed E-state index contributed by atoms with van der Waals surface area (Å²) in [6, 6.07) is 4.48. The van der Waals surface area contributed by atoms with Gasteiger partial charge in [-0.25, -0.2) is 19.2 Å². The maximum absolute atomic E-state index is 14.0. The van der Waals surface area contributed by atoms with E-state index >= 15 is 0 Å². The summed E-state index contributed by atoms with van der Waals surface area (Å²) in [5.41, 5.74) is -0.292. The van der Waals surface area contributed by atoms with E-state index in [0.717, 1.165) is 4.57 Å². The van der Waals surface area contributed by atoms with Gasteiger partial charge in [0.25, 0.3) is 5.56 Å². The predicted octanol–water partition coefficient (Wildman–Crippen LogP) is 1.25. The van der Waals surface area contributed by atoms with Crippen LogP contribution >= 0.6 is 11.6 Å². The molecule has 1 aliphatic heterocycles. The number of rotatable bonds is 3. The van der Waals surface area contributed by atoms with Crippen LogP contribution < -0.4 is 16.6 Å². The van der Waals surface area contributed by atoms with Crippen LogP contribution in [0.15, 0.2) is 40.2 Å². The van der Waals surface area contributed by atoms with Gasteiger partial charge in [0.05, 0.1) is 17.7 Å². The first kappa shape index (κ1) is 18.7. The van der Waals surface area contributed by atoms with Crippen LogP contribution in [0.1, 0.15) is 11.7 Å². The minimum atomic E-state index is -0.580. The van der Waals surface area contributed by atoms with E-state index in [1.54, 1.807) is 6.07 Å². The van der Waals surface area contributed by atoms with E-state index in [1.807, 2.05) is 0 Å². The number of aromatic amines is 1. The topological polar surface area (TPSA) is 102 Å². The lowest BCUT2D eigenvalue weighted by molar-refractivity contribution is 0.0245. The summed E-state index contributed by atoms with van der Waals surface area (Å²) in [5.74, 6) is -0.842. The largest absolute Gasteiger partial charge is 0.372 e. The van der Waals surface area contributed by atoms with E-state index in [2.05, 4.69) is 20.3 Å². The lowest BCUT2D eigenvalue weighted by atomic mass is 9.95. The van der Waals surface area contributed by atoms with Gasteiger partial charge in [0.2, 0.25) is 0 Å². The molecular formula is C18H17ClFN5O3. The SMILES string of the molecule is O=c1[nH]c2nccnc2c(=O)n1CC1CNCCOC1c1ccc(Cl)c(F)c1. The van der Waals surface area contributed by atoms with E-state index < -0.39 is 23.2 Å². The minimum absolute atomic E-state index is 0.0211. The average molecular weight is 406 g/mol. The predicted molar refractivity (Wildman–Crippen MR) is 101 cm³/mol. The molecule has 2 atom stereocenters. The second kappa shape index (κ2) is 7.78. The van der Waals surface area contributed by atoms with E-state index in [0.29, 0.717) is 25.3 Å². The molecule has 2 aromatic heterocycles. The maximum atomic E-state index is 14.0. The first-order valence-electron chi connectivity index (χ1n) is 8.75. The standard InChI is InChI=1S/C18H17ClFN5O3/c19-12-2-1-10(7-13(12)20)15-11(8-21-5-6-28-15)9-25-17(26)14-16(24-18(25)27)23-4-3-22-14/h1-4,7,11,15,21H,5-6,8-9H2,(H,23,24,27). The van der Waals surface area contributed by atoms with Gasteiger partial charge >= 0.3 is 5.69 Å². The number of fused-ring (bicyclic) bond motifs is 1. The highest BCUT2D eigenvalue weighted by Gasteiger charge is 2.28. The minimum Gasteiger partial charge on any atom is -0.372 e. The highest BCUT2D eigenvalue weighted by atomic mass is 35.5. The van der Waals surface area contributed by atoms with Crippen molar-refractivity contribution in [2.24, 2.45) is 5.92 Å². The van der Waals surface area contributed by atoms with Gasteiger partial charge in [-0.3, -0.25) is 14.3 Å². The first-order valence-corrected chi connectivity index (χ1v) is 9.13. The summed E-state index contributed by atoms with van der Waals surface area (Å²) in [7, 11) is 0. The van der Waals surface area contributed by atoms with Crippen molar-refractivity contribution in [2.45, 2.75) is 12.6 Å². The second-order valence-electron chi connectivity index (χ2n) is 6.53. The van der Waals surface area contributed by atoms with Gasteiger partial charge < -0.3 is 10.1 Å². The molecule has 1 aliphatic rings. The van der Waals surface area contributed by atoms with Crippen molar-refractivity contribution in [1.29, 1.82) is 0 Å². The molecule has 2 unspecified atom stereocenters. The number of ether oxygens (including phenoxy) is 1. The number of nitrogens with zero attached hydrogens (tertiary/aromatic N) is 3. The van der Waals surface area contributed by atoms with Gasteiger partial charge in [0.15, 0.2) is 11.2 Å². The van der Waals surface area contributed by atoms with Gasteiger partial charge in [0.1, 0.15) is 5.82 Å². The van der Waals surface area contributed by atoms with Crippen LogP contribution in [0.5, 0.6) is 0 Å². The zero-order valence-electron chi connectivity index (χ0n) is 14.7. The third kappa shape index (κ3) is 3.56.